The van der Waals surface area contributed by atoms with Gasteiger partial charge in [0.15, 0.2) is 5.78 Å². The number of allylic oxidation sites excluding steroid dienone is 6. The molecule has 17 nitrogen and oxygen atoms in total. The molecule has 2 N–H and O–H groups in total. The van der Waals surface area contributed by atoms with Crippen LogP contribution in [0.2, 0.25) is 0 Å². The number of nitrogens with zero attached hydrogens (tertiary/aromatic N) is 5. The predicted molar refractivity (Wildman–Crippen MR) is 256 cm³/mol. The molecule has 2 bridgehead atoms. The summed E-state index contributed by atoms with van der Waals surface area (Å²) in [6.45, 7) is 12.8. The molecule has 2 saturated heterocycles. The molecule has 17 heteroatoms. The summed E-state index contributed by atoms with van der Waals surface area (Å²) in [4.78, 5) is 72.3. The van der Waals surface area contributed by atoms with E-state index in [1.165, 1.54) is 12.0 Å². The van der Waals surface area contributed by atoms with Gasteiger partial charge >= 0.3 is 5.97 Å². The summed E-state index contributed by atoms with van der Waals surface area (Å²) in [5, 5.41) is 35.2. The number of cyclic esters (lactones) is 1. The minimum absolute atomic E-state index is 0.0170. The van der Waals surface area contributed by atoms with E-state index in [0.717, 1.165) is 18.4 Å². The van der Waals surface area contributed by atoms with Crippen LogP contribution in [0.5, 0.6) is 0 Å². The molecule has 15 atom stereocenters. The van der Waals surface area contributed by atoms with Crippen molar-refractivity contribution in [2.45, 2.75) is 180 Å². The number of amides is 1. The quantitative estimate of drug-likeness (QED) is 0.181. The minimum Gasteiger partial charge on any atom is -0.460 e. The third kappa shape index (κ3) is 14.2. The SMILES string of the molecule is CO[C@H]1C[C@@H]2CC[C@@H](C)[C@@](O)(O2)C(=O)C(=O)N2CCCC[C@H]2C(=O)O[C@H]([C@H](C)C[C@@H]2CC[C@H](n3cnnn3)[C@H](OC)C2)CC(=O)[C@H](C)/C=C(\C)[C@@H](O)[C@@H](OC)C(=O)[C@H](C)C[C@@H](C)/C=C/C=C/C=C/1C. The summed E-state index contributed by atoms with van der Waals surface area (Å²) in [7, 11) is 4.62. The molecule has 5 rings (SSSR count). The molecule has 0 unspecified atom stereocenters. The first kappa shape index (κ1) is 55.7. The molecule has 1 aromatic heterocycles. The number of esters is 1. The van der Waals surface area contributed by atoms with Crippen molar-refractivity contribution in [2.75, 3.05) is 27.9 Å². The molecular formula is C52H79N5O12. The average molecular weight is 966 g/mol. The second-order valence-corrected chi connectivity index (χ2v) is 20.4. The van der Waals surface area contributed by atoms with Crippen molar-refractivity contribution in [1.82, 2.24) is 25.1 Å². The molecule has 4 heterocycles. The monoisotopic (exact) mass is 966 g/mol. The lowest BCUT2D eigenvalue weighted by Crippen LogP contribution is -2.61. The summed E-state index contributed by atoms with van der Waals surface area (Å²) in [6, 6.07) is -1.19. The fraction of sp³-hybridized carbons (Fsp3) is 0.731. The predicted octanol–water partition coefficient (Wildman–Crippen LogP) is 6.05. The lowest BCUT2D eigenvalue weighted by molar-refractivity contribution is -0.265. The lowest BCUT2D eigenvalue weighted by Gasteiger charge is -2.42. The van der Waals surface area contributed by atoms with E-state index in [4.69, 9.17) is 23.7 Å². The maximum Gasteiger partial charge on any atom is 0.329 e. The van der Waals surface area contributed by atoms with Gasteiger partial charge in [0.1, 0.15) is 36.5 Å². The molecule has 1 aromatic rings. The number of methoxy groups -OCH3 is 3. The second-order valence-electron chi connectivity index (χ2n) is 20.4. The first-order valence-electron chi connectivity index (χ1n) is 25.0. The number of hydrogen-bond acceptors (Lipinski definition) is 15. The van der Waals surface area contributed by atoms with Crippen molar-refractivity contribution in [2.24, 2.45) is 35.5 Å². The van der Waals surface area contributed by atoms with Gasteiger partial charge in [-0.15, -0.1) is 5.10 Å². The van der Waals surface area contributed by atoms with E-state index in [1.807, 2.05) is 58.1 Å². The third-order valence-corrected chi connectivity index (χ3v) is 15.2. The Balaban J connectivity index is 1.46. The fourth-order valence-corrected chi connectivity index (χ4v) is 10.7. The van der Waals surface area contributed by atoms with Gasteiger partial charge in [-0.2, -0.15) is 0 Å². The van der Waals surface area contributed by atoms with Crippen molar-refractivity contribution in [3.63, 3.8) is 0 Å². The number of aromatic nitrogens is 4. The molecule has 0 radical (unpaired) electrons. The Kier molecular flexibility index (Phi) is 20.8. The Labute approximate surface area is 408 Å². The highest BCUT2D eigenvalue weighted by molar-refractivity contribution is 6.39. The zero-order valence-corrected chi connectivity index (χ0v) is 42.5. The van der Waals surface area contributed by atoms with Crippen molar-refractivity contribution in [3.05, 3.63) is 53.9 Å². The van der Waals surface area contributed by atoms with E-state index in [1.54, 1.807) is 52.1 Å². The Morgan fingerprint density at radius 1 is 0.884 bits per heavy atom. The Hall–Kier alpha value is -4.26. The van der Waals surface area contributed by atoms with Crippen LogP contribution in [0.25, 0.3) is 0 Å². The Morgan fingerprint density at radius 3 is 2.32 bits per heavy atom. The number of carbonyl (C=O) groups excluding carboxylic acids is 5. The molecule has 1 aliphatic carbocycles. The van der Waals surface area contributed by atoms with Crippen LogP contribution in [-0.4, -0.2) is 141 Å². The number of aliphatic hydroxyl groups excluding tert-OH is 1. The van der Waals surface area contributed by atoms with Crippen LogP contribution in [-0.2, 0) is 47.7 Å². The summed E-state index contributed by atoms with van der Waals surface area (Å²) >= 11 is 0. The van der Waals surface area contributed by atoms with Crippen LogP contribution in [0.15, 0.2) is 53.9 Å². The maximum atomic E-state index is 14.5. The van der Waals surface area contributed by atoms with Crippen molar-refractivity contribution < 1.29 is 57.9 Å². The summed E-state index contributed by atoms with van der Waals surface area (Å²) in [6.07, 6.45) is 13.9. The molecule has 69 heavy (non-hydrogen) atoms. The minimum atomic E-state index is -2.43. The van der Waals surface area contributed by atoms with E-state index in [2.05, 4.69) is 15.5 Å². The molecule has 3 fully saturated rings. The normalized spacial score (nSPS) is 38.8. The van der Waals surface area contributed by atoms with Crippen LogP contribution < -0.4 is 0 Å². The fourth-order valence-electron chi connectivity index (χ4n) is 10.7. The van der Waals surface area contributed by atoms with Crippen molar-refractivity contribution in [3.8, 4) is 0 Å². The lowest BCUT2D eigenvalue weighted by atomic mass is 9.77. The van der Waals surface area contributed by atoms with Gasteiger partial charge in [-0.1, -0.05) is 71.1 Å². The van der Waals surface area contributed by atoms with E-state index in [-0.39, 0.29) is 60.9 Å². The first-order valence-corrected chi connectivity index (χ1v) is 25.0. The number of fused-ring (bicyclic) bond motifs is 3. The Morgan fingerprint density at radius 2 is 1.64 bits per heavy atom. The van der Waals surface area contributed by atoms with Crippen LogP contribution >= 0.6 is 0 Å². The van der Waals surface area contributed by atoms with Gasteiger partial charge in [0, 0.05) is 58.5 Å². The number of piperidine rings is 1. The molecule has 0 aromatic carbocycles. The second kappa shape index (κ2) is 25.7. The van der Waals surface area contributed by atoms with Gasteiger partial charge in [0.2, 0.25) is 5.79 Å². The summed E-state index contributed by atoms with van der Waals surface area (Å²) in [5.74, 6) is -7.92. The van der Waals surface area contributed by atoms with Crippen LogP contribution in [0.1, 0.15) is 132 Å². The molecule has 1 amide bonds. The van der Waals surface area contributed by atoms with Crippen LogP contribution in [0, 0.1) is 35.5 Å². The number of rotatable bonds is 7. The Bertz CT molecular complexity index is 2020. The van der Waals surface area contributed by atoms with E-state index < -0.39 is 77.8 Å². The molecule has 1 saturated carbocycles. The highest BCUT2D eigenvalue weighted by Crippen LogP contribution is 2.39. The van der Waals surface area contributed by atoms with Gasteiger partial charge in [0.05, 0.1) is 24.4 Å². The third-order valence-electron chi connectivity index (χ3n) is 15.2. The average Bonchev–Trinajstić information content (AvgIpc) is 3.88. The molecule has 3 aliphatic heterocycles. The number of aliphatic hydroxyl groups is 2. The zero-order valence-electron chi connectivity index (χ0n) is 42.5. The number of tetrazole rings is 1. The highest BCUT2D eigenvalue weighted by atomic mass is 16.6. The highest BCUT2D eigenvalue weighted by Gasteiger charge is 2.53. The first-order chi connectivity index (χ1) is 32.8. The summed E-state index contributed by atoms with van der Waals surface area (Å²) < 4.78 is 31.6. The number of ether oxygens (including phenoxy) is 5. The summed E-state index contributed by atoms with van der Waals surface area (Å²) in [5.41, 5.74) is 1.27. The molecule has 384 valence electrons. The van der Waals surface area contributed by atoms with E-state index >= 15 is 0 Å². The number of ketones is 3. The maximum absolute atomic E-state index is 14.5. The van der Waals surface area contributed by atoms with Gasteiger partial charge in [-0.05, 0) is 117 Å². The number of carbonyl (C=O) groups is 5. The topological polar surface area (TPSA) is 219 Å². The smallest absolute Gasteiger partial charge is 0.329 e. The zero-order chi connectivity index (χ0) is 50.6. The number of hydrogen-bond donors (Lipinski definition) is 2. The number of Topliss-reactive ketones (excluding diaryl/α,β-unsaturated/α-hetero) is 3. The van der Waals surface area contributed by atoms with Gasteiger partial charge in [0.25, 0.3) is 11.7 Å². The van der Waals surface area contributed by atoms with Gasteiger partial charge in [-0.3, -0.25) is 19.2 Å². The van der Waals surface area contributed by atoms with E-state index in [9.17, 15) is 34.2 Å². The molecule has 4 aliphatic rings. The largest absolute Gasteiger partial charge is 0.460 e. The van der Waals surface area contributed by atoms with Crippen LogP contribution in [0.4, 0.5) is 0 Å². The van der Waals surface area contributed by atoms with Crippen molar-refractivity contribution >= 4 is 29.2 Å². The van der Waals surface area contributed by atoms with Crippen LogP contribution in [0.3, 0.4) is 0 Å². The van der Waals surface area contributed by atoms with Gasteiger partial charge < -0.3 is 38.8 Å². The van der Waals surface area contributed by atoms with Crippen molar-refractivity contribution in [1.29, 1.82) is 0 Å². The molecule has 0 spiro atoms. The van der Waals surface area contributed by atoms with E-state index in [0.29, 0.717) is 56.9 Å². The molecular weight excluding hydrogens is 887 g/mol. The standard InChI is InChI=1S/C52H79N5O12/c1-31-16-12-11-13-17-32(2)43(65-8)28-39-21-19-37(7)52(64,69-39)49(61)50(62)56-23-15-14-18-41(56)51(63)68-44(34(4)26-38-20-22-40(45(27-38)66-9)57-30-53-54-55-57)29-42(58)33(3)25-36(6)47(60)48(67-10)46(59)35(5)24-31/h11-13,16-17,25,30-31,33-35,37-41,43-45,47-48,60,64H,14-15,18-24,26-29H2,1-10H3/b13-11+,16-12+,32-17+,36-25+/t31-,33+,34+,35+,37+,38-,39-,40-,41-,43-,44-,45+,47+,48-,52+/m0/s1. The van der Waals surface area contributed by atoms with Gasteiger partial charge in [-0.25, -0.2) is 9.48 Å².